The van der Waals surface area contributed by atoms with Gasteiger partial charge in [0.25, 0.3) is 5.91 Å². The number of nitrogens with one attached hydrogen (secondary N) is 1. The Bertz CT molecular complexity index is 1450. The number of rotatable bonds is 6. The fourth-order valence-corrected chi connectivity index (χ4v) is 4.63. The zero-order valence-electron chi connectivity index (χ0n) is 18.2. The van der Waals surface area contributed by atoms with Crippen molar-refractivity contribution in [3.8, 4) is 0 Å². The summed E-state index contributed by atoms with van der Waals surface area (Å²) in [6.07, 6.45) is 3.99. The second-order valence-electron chi connectivity index (χ2n) is 7.88. The molecule has 3 aromatic carbocycles. The van der Waals surface area contributed by atoms with E-state index in [2.05, 4.69) is 58.5 Å². The second-order valence-corrected chi connectivity index (χ2v) is 8.78. The number of thiophene rings is 1. The van der Waals surface area contributed by atoms with Gasteiger partial charge in [-0.25, -0.2) is 4.99 Å². The third kappa shape index (κ3) is 4.49. The Hall–Kier alpha value is -3.96. The Balaban J connectivity index is 1.43. The Labute approximate surface area is 196 Å². The van der Waals surface area contributed by atoms with Crippen LogP contribution in [-0.4, -0.2) is 16.7 Å². The molecule has 162 valence electrons. The lowest BCUT2D eigenvalue weighted by Gasteiger charge is -2.07. The standard InChI is InChI=1S/C28H23N3OS/c1-20-9-5-7-13-25(20)30-27(32)24-15-16-33-28(24)29-17-22-19-31(18-21-10-3-2-4-11-21)26-14-8-6-12-23(22)26/h2-17,19H,18H2,1H3,(H,30,32)/b29-17+. The van der Waals surface area contributed by atoms with Crippen LogP contribution in [0.5, 0.6) is 0 Å². The maximum absolute atomic E-state index is 12.9. The molecule has 0 fully saturated rings. The van der Waals surface area contributed by atoms with Gasteiger partial charge in [-0.3, -0.25) is 4.79 Å². The molecule has 0 radical (unpaired) electrons. The highest BCUT2D eigenvalue weighted by Gasteiger charge is 2.14. The minimum Gasteiger partial charge on any atom is -0.342 e. The summed E-state index contributed by atoms with van der Waals surface area (Å²) < 4.78 is 2.24. The van der Waals surface area contributed by atoms with Crippen molar-refractivity contribution in [2.24, 2.45) is 4.99 Å². The van der Waals surface area contributed by atoms with Crippen LogP contribution in [-0.2, 0) is 6.54 Å². The van der Waals surface area contributed by atoms with Gasteiger partial charge < -0.3 is 9.88 Å². The van der Waals surface area contributed by atoms with Crippen molar-refractivity contribution in [2.45, 2.75) is 13.5 Å². The number of carbonyl (C=O) groups is 1. The molecule has 0 aliphatic carbocycles. The zero-order chi connectivity index (χ0) is 22.6. The fourth-order valence-electron chi connectivity index (χ4n) is 3.89. The van der Waals surface area contributed by atoms with Gasteiger partial charge in [0.1, 0.15) is 5.00 Å². The third-order valence-electron chi connectivity index (χ3n) is 5.62. The van der Waals surface area contributed by atoms with E-state index in [0.29, 0.717) is 10.6 Å². The third-order valence-corrected chi connectivity index (χ3v) is 6.44. The topological polar surface area (TPSA) is 46.4 Å². The normalized spacial score (nSPS) is 11.3. The first-order valence-corrected chi connectivity index (χ1v) is 11.7. The molecule has 33 heavy (non-hydrogen) atoms. The van der Waals surface area contributed by atoms with Crippen LogP contribution in [0.1, 0.15) is 27.0 Å². The lowest BCUT2D eigenvalue weighted by molar-refractivity contribution is 0.102. The fraction of sp³-hybridized carbons (Fsp3) is 0.0714. The maximum atomic E-state index is 12.9. The molecular formula is C28H23N3OS. The summed E-state index contributed by atoms with van der Waals surface area (Å²) in [6, 6.07) is 28.3. The van der Waals surface area contributed by atoms with Crippen molar-refractivity contribution >= 4 is 45.0 Å². The summed E-state index contributed by atoms with van der Waals surface area (Å²) in [5.74, 6) is -0.149. The van der Waals surface area contributed by atoms with Crippen LogP contribution in [0, 0.1) is 6.92 Å². The van der Waals surface area contributed by atoms with E-state index in [1.807, 2.05) is 61.0 Å². The molecule has 0 unspecified atom stereocenters. The van der Waals surface area contributed by atoms with E-state index < -0.39 is 0 Å². The number of hydrogen-bond acceptors (Lipinski definition) is 3. The SMILES string of the molecule is Cc1ccccc1NC(=O)c1ccsc1/N=C/c1cn(Cc2ccccc2)c2ccccc12. The van der Waals surface area contributed by atoms with E-state index in [-0.39, 0.29) is 5.91 Å². The van der Waals surface area contributed by atoms with Gasteiger partial charge in [0, 0.05) is 41.1 Å². The predicted molar refractivity (Wildman–Crippen MR) is 138 cm³/mol. The molecule has 0 spiro atoms. The molecule has 5 heteroatoms. The van der Waals surface area contributed by atoms with E-state index in [4.69, 9.17) is 4.99 Å². The van der Waals surface area contributed by atoms with E-state index in [1.165, 1.54) is 16.9 Å². The second kappa shape index (κ2) is 9.27. The lowest BCUT2D eigenvalue weighted by Crippen LogP contribution is -2.11. The van der Waals surface area contributed by atoms with E-state index in [0.717, 1.165) is 34.3 Å². The van der Waals surface area contributed by atoms with Crippen molar-refractivity contribution in [3.05, 3.63) is 119 Å². The molecular weight excluding hydrogens is 426 g/mol. The summed E-state index contributed by atoms with van der Waals surface area (Å²) in [5, 5.41) is 6.74. The lowest BCUT2D eigenvalue weighted by atomic mass is 10.2. The van der Waals surface area contributed by atoms with Gasteiger partial charge in [0.05, 0.1) is 5.56 Å². The predicted octanol–water partition coefficient (Wildman–Crippen LogP) is 7.06. The molecule has 0 bridgehead atoms. The molecule has 5 aromatic rings. The Morgan fingerprint density at radius 3 is 2.58 bits per heavy atom. The zero-order valence-corrected chi connectivity index (χ0v) is 19.0. The Morgan fingerprint density at radius 1 is 0.970 bits per heavy atom. The molecule has 0 saturated carbocycles. The highest BCUT2D eigenvalue weighted by molar-refractivity contribution is 7.14. The van der Waals surface area contributed by atoms with Gasteiger partial charge in [-0.1, -0.05) is 66.7 Å². The molecule has 0 aliphatic heterocycles. The van der Waals surface area contributed by atoms with Crippen molar-refractivity contribution in [2.75, 3.05) is 5.32 Å². The molecule has 0 saturated heterocycles. The highest BCUT2D eigenvalue weighted by Crippen LogP contribution is 2.29. The number of fused-ring (bicyclic) bond motifs is 1. The van der Waals surface area contributed by atoms with Crippen LogP contribution in [0.2, 0.25) is 0 Å². The van der Waals surface area contributed by atoms with Crippen LogP contribution in [0.15, 0.2) is 101 Å². The van der Waals surface area contributed by atoms with Gasteiger partial charge in [0.15, 0.2) is 0 Å². The minimum absolute atomic E-state index is 0.149. The number of nitrogens with zero attached hydrogens (tertiary/aromatic N) is 2. The molecule has 5 rings (SSSR count). The average molecular weight is 450 g/mol. The van der Waals surface area contributed by atoms with Crippen LogP contribution >= 0.6 is 11.3 Å². The van der Waals surface area contributed by atoms with Crippen molar-refractivity contribution in [3.63, 3.8) is 0 Å². The largest absolute Gasteiger partial charge is 0.342 e. The highest BCUT2D eigenvalue weighted by atomic mass is 32.1. The average Bonchev–Trinajstić information content (AvgIpc) is 3.45. The molecule has 2 aromatic heterocycles. The summed E-state index contributed by atoms with van der Waals surface area (Å²) in [7, 11) is 0. The maximum Gasteiger partial charge on any atom is 0.258 e. The summed E-state index contributed by atoms with van der Waals surface area (Å²) in [4.78, 5) is 17.6. The smallest absolute Gasteiger partial charge is 0.258 e. The number of carbonyl (C=O) groups excluding carboxylic acids is 1. The molecule has 2 heterocycles. The molecule has 0 atom stereocenters. The van der Waals surface area contributed by atoms with Gasteiger partial charge >= 0.3 is 0 Å². The number of para-hydroxylation sites is 2. The molecule has 0 aliphatic rings. The number of amides is 1. The number of hydrogen-bond donors (Lipinski definition) is 1. The molecule has 1 N–H and O–H groups in total. The number of anilines is 1. The summed E-state index contributed by atoms with van der Waals surface area (Å²) in [5.41, 5.74) is 5.85. The Kier molecular flexibility index (Phi) is 5.87. The summed E-state index contributed by atoms with van der Waals surface area (Å²) in [6.45, 7) is 2.77. The first-order valence-electron chi connectivity index (χ1n) is 10.8. The van der Waals surface area contributed by atoms with E-state index in [1.54, 1.807) is 0 Å². The number of aromatic nitrogens is 1. The number of benzene rings is 3. The quantitative estimate of drug-likeness (QED) is 0.277. The van der Waals surface area contributed by atoms with Crippen molar-refractivity contribution < 1.29 is 4.79 Å². The first kappa shape index (κ1) is 20.9. The monoisotopic (exact) mass is 449 g/mol. The number of aliphatic imine (C=N–C) groups is 1. The minimum atomic E-state index is -0.149. The number of aryl methyl sites for hydroxylation is 1. The van der Waals surface area contributed by atoms with Crippen molar-refractivity contribution in [1.82, 2.24) is 4.57 Å². The molecule has 1 amide bonds. The summed E-state index contributed by atoms with van der Waals surface area (Å²) >= 11 is 1.46. The van der Waals surface area contributed by atoms with Gasteiger partial charge in [-0.2, -0.15) is 0 Å². The van der Waals surface area contributed by atoms with E-state index in [9.17, 15) is 4.79 Å². The van der Waals surface area contributed by atoms with Crippen LogP contribution in [0.4, 0.5) is 10.7 Å². The molecule has 4 nitrogen and oxygen atoms in total. The van der Waals surface area contributed by atoms with Gasteiger partial charge in [-0.15, -0.1) is 11.3 Å². The van der Waals surface area contributed by atoms with E-state index >= 15 is 0 Å². The van der Waals surface area contributed by atoms with Crippen LogP contribution in [0.25, 0.3) is 10.9 Å². The van der Waals surface area contributed by atoms with Crippen LogP contribution in [0.3, 0.4) is 0 Å². The van der Waals surface area contributed by atoms with Crippen LogP contribution < -0.4 is 5.32 Å². The van der Waals surface area contributed by atoms with Gasteiger partial charge in [0.2, 0.25) is 0 Å². The van der Waals surface area contributed by atoms with Crippen molar-refractivity contribution in [1.29, 1.82) is 0 Å². The first-order chi connectivity index (χ1) is 16.2. The Morgan fingerprint density at radius 2 is 1.73 bits per heavy atom. The van der Waals surface area contributed by atoms with Gasteiger partial charge in [-0.05, 0) is 41.6 Å².